The van der Waals surface area contributed by atoms with Crippen molar-refractivity contribution in [2.24, 2.45) is 17.8 Å². The van der Waals surface area contributed by atoms with Crippen LogP contribution in [0.15, 0.2) is 0 Å². The number of fused-ring (bicyclic) bond motifs is 1. The van der Waals surface area contributed by atoms with E-state index in [1.165, 1.54) is 4.90 Å². The molecule has 3 heterocycles. The van der Waals surface area contributed by atoms with E-state index in [-0.39, 0.29) is 41.1 Å². The van der Waals surface area contributed by atoms with Gasteiger partial charge in [0, 0.05) is 17.9 Å². The third kappa shape index (κ3) is 3.29. The average molecular weight is 474 g/mol. The number of alkyl halides is 1. The molecule has 8 atom stereocenters. The van der Waals surface area contributed by atoms with Gasteiger partial charge < -0.3 is 25.4 Å². The van der Waals surface area contributed by atoms with Crippen LogP contribution in [0.1, 0.15) is 40.5 Å². The molecule has 3 aliphatic rings. The van der Waals surface area contributed by atoms with Crippen molar-refractivity contribution in [3.8, 4) is 0 Å². The molecule has 0 aromatic rings. The summed E-state index contributed by atoms with van der Waals surface area (Å²) in [6, 6.07) is -1.51. The largest absolute Gasteiger partial charge is 0.394 e. The van der Waals surface area contributed by atoms with E-state index in [4.69, 9.17) is 4.74 Å². The van der Waals surface area contributed by atoms with Gasteiger partial charge in [0.05, 0.1) is 30.6 Å². The van der Waals surface area contributed by atoms with E-state index in [1.807, 2.05) is 27.7 Å². The maximum absolute atomic E-state index is 13.7. The lowest BCUT2D eigenvalue weighted by atomic mass is 9.70. The number of hydrogen-bond acceptors (Lipinski definition) is 5. The standard InChI is InChI=1S/C20H32BrN3O5/c1-6-10(4)12(8-25)24-16(18(27)23-9(2)3)20-7-11(21)15(29-20)13(17(26)22-5)14(20)19(24)28/h9-16,25H,6-8H2,1-5H3,(H,22,26)(H,23,27)/t10-,11?,12-,13-,14-,15-,16?,20?/m0/s1. The predicted molar refractivity (Wildman–Crippen MR) is 110 cm³/mol. The second kappa shape index (κ2) is 8.15. The molecule has 3 saturated heterocycles. The van der Waals surface area contributed by atoms with Gasteiger partial charge in [-0.05, 0) is 26.2 Å². The van der Waals surface area contributed by atoms with Gasteiger partial charge in [0.25, 0.3) is 0 Å². The Hall–Kier alpha value is -1.19. The molecular formula is C20H32BrN3O5. The summed E-state index contributed by atoms with van der Waals surface area (Å²) in [6.45, 7) is 7.42. The zero-order chi connectivity index (χ0) is 21.7. The molecule has 0 aromatic heterocycles. The highest BCUT2D eigenvalue weighted by molar-refractivity contribution is 9.09. The first-order valence-corrected chi connectivity index (χ1v) is 11.3. The molecule has 3 unspecified atom stereocenters. The van der Waals surface area contributed by atoms with Crippen molar-refractivity contribution in [2.75, 3.05) is 13.7 Å². The van der Waals surface area contributed by atoms with Crippen molar-refractivity contribution < 1.29 is 24.2 Å². The van der Waals surface area contributed by atoms with Gasteiger partial charge >= 0.3 is 0 Å². The number of amides is 3. The molecule has 3 rings (SSSR count). The molecule has 2 bridgehead atoms. The highest BCUT2D eigenvalue weighted by Gasteiger charge is 2.77. The van der Waals surface area contributed by atoms with Gasteiger partial charge in [0.15, 0.2) is 0 Å². The molecule has 0 saturated carbocycles. The number of carbonyl (C=O) groups is 3. The quantitative estimate of drug-likeness (QED) is 0.464. The number of nitrogens with zero attached hydrogens (tertiary/aromatic N) is 1. The highest BCUT2D eigenvalue weighted by atomic mass is 79.9. The van der Waals surface area contributed by atoms with Crippen LogP contribution in [0.25, 0.3) is 0 Å². The Kier molecular flexibility index (Phi) is 6.32. The number of hydrogen-bond donors (Lipinski definition) is 3. The second-order valence-electron chi connectivity index (χ2n) is 8.82. The van der Waals surface area contributed by atoms with Gasteiger partial charge in [-0.2, -0.15) is 0 Å². The number of aliphatic hydroxyl groups is 1. The Bertz CT molecular complexity index is 689. The monoisotopic (exact) mass is 473 g/mol. The number of halogens is 1. The van der Waals surface area contributed by atoms with Crippen molar-refractivity contribution in [1.29, 1.82) is 0 Å². The van der Waals surface area contributed by atoms with Gasteiger partial charge in [0.2, 0.25) is 17.7 Å². The number of carbonyl (C=O) groups excluding carboxylic acids is 3. The molecule has 1 spiro atoms. The van der Waals surface area contributed by atoms with E-state index in [9.17, 15) is 19.5 Å². The molecule has 164 valence electrons. The fraction of sp³-hybridized carbons (Fsp3) is 0.850. The van der Waals surface area contributed by atoms with Crippen molar-refractivity contribution in [3.63, 3.8) is 0 Å². The van der Waals surface area contributed by atoms with Crippen molar-refractivity contribution in [2.45, 2.75) is 75.2 Å². The van der Waals surface area contributed by atoms with Gasteiger partial charge in [0.1, 0.15) is 11.6 Å². The van der Waals surface area contributed by atoms with Crippen molar-refractivity contribution >= 4 is 33.7 Å². The van der Waals surface area contributed by atoms with Gasteiger partial charge in [-0.1, -0.05) is 36.2 Å². The van der Waals surface area contributed by atoms with E-state index in [2.05, 4.69) is 26.6 Å². The molecule has 3 aliphatic heterocycles. The Morgan fingerprint density at radius 3 is 2.52 bits per heavy atom. The first kappa shape index (κ1) is 22.5. The summed E-state index contributed by atoms with van der Waals surface area (Å²) in [5.74, 6) is -2.24. The van der Waals surface area contributed by atoms with Gasteiger partial charge in [-0.3, -0.25) is 14.4 Å². The number of likely N-dealkylation sites (tertiary alicyclic amines) is 1. The molecule has 3 amide bonds. The van der Waals surface area contributed by atoms with E-state index >= 15 is 0 Å². The number of nitrogens with one attached hydrogen (secondary N) is 2. The third-order valence-corrected chi connectivity index (χ3v) is 7.65. The molecule has 9 heteroatoms. The van der Waals surface area contributed by atoms with E-state index < -0.39 is 35.6 Å². The van der Waals surface area contributed by atoms with E-state index in [0.29, 0.717) is 6.42 Å². The van der Waals surface area contributed by atoms with Crippen molar-refractivity contribution in [1.82, 2.24) is 15.5 Å². The minimum absolute atomic E-state index is 0.0102. The first-order chi connectivity index (χ1) is 13.6. The summed E-state index contributed by atoms with van der Waals surface area (Å²) in [6.07, 6.45) is 0.748. The Balaban J connectivity index is 2.11. The predicted octanol–water partition coefficient (Wildman–Crippen LogP) is 0.412. The van der Waals surface area contributed by atoms with E-state index in [0.717, 1.165) is 6.42 Å². The minimum Gasteiger partial charge on any atom is -0.394 e. The molecular weight excluding hydrogens is 442 g/mol. The SMILES string of the molecule is CC[C@H](C)[C@H](CO)N1C(=O)[C@@H]2[C@H](C(=O)NC)[C@H]3OC2(CC3Br)C1C(=O)NC(C)C. The summed E-state index contributed by atoms with van der Waals surface area (Å²) in [7, 11) is 1.54. The summed E-state index contributed by atoms with van der Waals surface area (Å²) < 4.78 is 6.34. The summed E-state index contributed by atoms with van der Waals surface area (Å²) in [5, 5.41) is 15.7. The normalized spacial score (nSPS) is 37.6. The lowest BCUT2D eigenvalue weighted by Crippen LogP contribution is -2.60. The Morgan fingerprint density at radius 2 is 2.00 bits per heavy atom. The molecule has 0 radical (unpaired) electrons. The fourth-order valence-electron chi connectivity index (χ4n) is 5.37. The van der Waals surface area contributed by atoms with Crippen LogP contribution < -0.4 is 10.6 Å². The van der Waals surface area contributed by atoms with Crippen LogP contribution in [-0.2, 0) is 19.1 Å². The summed E-state index contributed by atoms with van der Waals surface area (Å²) in [4.78, 5) is 41.1. The molecule has 0 aromatic carbocycles. The number of ether oxygens (including phenoxy) is 1. The average Bonchev–Trinajstić information content (AvgIpc) is 3.25. The van der Waals surface area contributed by atoms with Crippen LogP contribution >= 0.6 is 15.9 Å². The third-order valence-electron chi connectivity index (χ3n) is 6.80. The van der Waals surface area contributed by atoms with Gasteiger partial charge in [-0.25, -0.2) is 0 Å². The zero-order valence-corrected chi connectivity index (χ0v) is 19.2. The molecule has 0 aliphatic carbocycles. The highest BCUT2D eigenvalue weighted by Crippen LogP contribution is 2.60. The topological polar surface area (TPSA) is 108 Å². The van der Waals surface area contributed by atoms with Crippen LogP contribution in [0.4, 0.5) is 0 Å². The maximum Gasteiger partial charge on any atom is 0.246 e. The van der Waals surface area contributed by atoms with Crippen LogP contribution in [0, 0.1) is 17.8 Å². The lowest BCUT2D eigenvalue weighted by molar-refractivity contribution is -0.147. The first-order valence-electron chi connectivity index (χ1n) is 10.4. The maximum atomic E-state index is 13.7. The number of aliphatic hydroxyl groups excluding tert-OH is 1. The molecule has 29 heavy (non-hydrogen) atoms. The lowest BCUT2D eigenvalue weighted by Gasteiger charge is -2.39. The van der Waals surface area contributed by atoms with Gasteiger partial charge in [-0.15, -0.1) is 0 Å². The summed E-state index contributed by atoms with van der Waals surface area (Å²) >= 11 is 3.61. The smallest absolute Gasteiger partial charge is 0.246 e. The Morgan fingerprint density at radius 1 is 1.34 bits per heavy atom. The zero-order valence-electron chi connectivity index (χ0n) is 17.6. The molecule has 3 N–H and O–H groups in total. The van der Waals surface area contributed by atoms with Crippen LogP contribution in [0.2, 0.25) is 0 Å². The van der Waals surface area contributed by atoms with Crippen LogP contribution in [-0.4, -0.2) is 76.0 Å². The molecule has 8 nitrogen and oxygen atoms in total. The summed E-state index contributed by atoms with van der Waals surface area (Å²) in [5.41, 5.74) is -1.08. The fourth-order valence-corrected chi connectivity index (χ4v) is 6.31. The van der Waals surface area contributed by atoms with E-state index in [1.54, 1.807) is 7.05 Å². The van der Waals surface area contributed by atoms with Crippen LogP contribution in [0.3, 0.4) is 0 Å². The molecule has 3 fully saturated rings. The number of rotatable bonds is 7. The minimum atomic E-state index is -1.08. The van der Waals surface area contributed by atoms with Crippen molar-refractivity contribution in [3.05, 3.63) is 0 Å². The Labute approximate surface area is 180 Å². The van der Waals surface area contributed by atoms with Crippen LogP contribution in [0.5, 0.6) is 0 Å². The second-order valence-corrected chi connectivity index (χ2v) is 10.00.